The highest BCUT2D eigenvalue weighted by Gasteiger charge is 2.08. The summed E-state index contributed by atoms with van der Waals surface area (Å²) in [6, 6.07) is 20.9. The maximum atomic E-state index is 12.2. The number of rotatable bonds is 4. The molecule has 3 aromatic carbocycles. The number of hydrogen-bond donors (Lipinski definition) is 2. The predicted molar refractivity (Wildman–Crippen MR) is 113 cm³/mol. The average Bonchev–Trinajstić information content (AvgIpc) is 2.65. The number of benzene rings is 3. The number of amides is 1. The molecule has 2 N–H and O–H groups in total. The highest BCUT2D eigenvalue weighted by molar-refractivity contribution is 7.80. The number of thiocarbonyl (C=S) groups is 1. The Morgan fingerprint density at radius 1 is 0.852 bits per heavy atom. The Morgan fingerprint density at radius 2 is 1.48 bits per heavy atom. The molecule has 3 aromatic rings. The van der Waals surface area contributed by atoms with Gasteiger partial charge in [-0.25, -0.2) is 0 Å². The van der Waals surface area contributed by atoms with Crippen molar-refractivity contribution in [2.75, 3.05) is 5.32 Å². The van der Waals surface area contributed by atoms with Crippen LogP contribution in [0.1, 0.15) is 10.4 Å². The van der Waals surface area contributed by atoms with Gasteiger partial charge in [0.2, 0.25) is 0 Å². The van der Waals surface area contributed by atoms with E-state index in [0.29, 0.717) is 27.1 Å². The zero-order valence-corrected chi connectivity index (χ0v) is 16.2. The monoisotopic (exact) mass is 416 g/mol. The van der Waals surface area contributed by atoms with E-state index < -0.39 is 0 Å². The Morgan fingerprint density at radius 3 is 2.11 bits per heavy atom. The zero-order valence-electron chi connectivity index (χ0n) is 13.9. The molecular formula is C20H14Cl2N2O2S. The predicted octanol–water partition coefficient (Wildman–Crippen LogP) is 5.91. The van der Waals surface area contributed by atoms with Gasteiger partial charge in [-0.2, -0.15) is 0 Å². The van der Waals surface area contributed by atoms with Crippen molar-refractivity contribution in [1.29, 1.82) is 0 Å². The van der Waals surface area contributed by atoms with Crippen LogP contribution < -0.4 is 15.4 Å². The lowest BCUT2D eigenvalue weighted by atomic mass is 10.2. The minimum atomic E-state index is -0.335. The fourth-order valence-corrected chi connectivity index (χ4v) is 2.74. The van der Waals surface area contributed by atoms with Crippen LogP contribution in [0.25, 0.3) is 0 Å². The molecule has 0 saturated heterocycles. The van der Waals surface area contributed by atoms with Gasteiger partial charge < -0.3 is 10.1 Å². The highest BCUT2D eigenvalue weighted by Crippen LogP contribution is 2.24. The van der Waals surface area contributed by atoms with E-state index in [1.165, 1.54) is 0 Å². The van der Waals surface area contributed by atoms with E-state index in [4.69, 9.17) is 40.2 Å². The number of halogens is 2. The zero-order chi connectivity index (χ0) is 19.2. The number of carbonyl (C=O) groups is 1. The lowest BCUT2D eigenvalue weighted by Crippen LogP contribution is -2.34. The van der Waals surface area contributed by atoms with Crippen LogP contribution in [0.2, 0.25) is 10.0 Å². The van der Waals surface area contributed by atoms with Gasteiger partial charge in [0, 0.05) is 21.3 Å². The van der Waals surface area contributed by atoms with E-state index in [2.05, 4.69) is 10.6 Å². The van der Waals surface area contributed by atoms with Gasteiger partial charge in [0.25, 0.3) is 5.91 Å². The first-order valence-electron chi connectivity index (χ1n) is 7.91. The third-order valence-electron chi connectivity index (χ3n) is 3.48. The molecule has 0 aromatic heterocycles. The van der Waals surface area contributed by atoms with Gasteiger partial charge in [0.1, 0.15) is 11.5 Å². The summed E-state index contributed by atoms with van der Waals surface area (Å²) in [5.74, 6) is 1.01. The number of hydrogen-bond acceptors (Lipinski definition) is 3. The van der Waals surface area contributed by atoms with Crippen LogP contribution >= 0.6 is 35.4 Å². The summed E-state index contributed by atoms with van der Waals surface area (Å²) in [6.07, 6.45) is 0. The Balaban J connectivity index is 1.56. The normalized spacial score (nSPS) is 10.1. The molecule has 0 bridgehead atoms. The van der Waals surface area contributed by atoms with E-state index in [9.17, 15) is 4.79 Å². The van der Waals surface area contributed by atoms with Crippen LogP contribution in [0.3, 0.4) is 0 Å². The topological polar surface area (TPSA) is 50.4 Å². The van der Waals surface area contributed by atoms with E-state index in [-0.39, 0.29) is 11.0 Å². The van der Waals surface area contributed by atoms with Crippen molar-refractivity contribution in [3.63, 3.8) is 0 Å². The van der Waals surface area contributed by atoms with Crippen molar-refractivity contribution in [1.82, 2.24) is 5.32 Å². The summed E-state index contributed by atoms with van der Waals surface area (Å²) < 4.78 is 5.73. The number of nitrogens with one attached hydrogen (secondary N) is 2. The number of ether oxygens (including phenoxy) is 1. The van der Waals surface area contributed by atoms with Crippen LogP contribution in [0.4, 0.5) is 5.69 Å². The van der Waals surface area contributed by atoms with Gasteiger partial charge in [0.05, 0.1) is 0 Å². The first-order valence-corrected chi connectivity index (χ1v) is 9.07. The summed E-state index contributed by atoms with van der Waals surface area (Å²) in [4.78, 5) is 12.2. The smallest absolute Gasteiger partial charge is 0.257 e. The summed E-state index contributed by atoms with van der Waals surface area (Å²) in [5.41, 5.74) is 1.15. The second-order valence-electron chi connectivity index (χ2n) is 5.50. The van der Waals surface area contributed by atoms with Gasteiger partial charge in [-0.1, -0.05) is 29.3 Å². The van der Waals surface area contributed by atoms with Gasteiger partial charge >= 0.3 is 0 Å². The van der Waals surface area contributed by atoms with Crippen molar-refractivity contribution in [2.45, 2.75) is 0 Å². The van der Waals surface area contributed by atoms with Crippen molar-refractivity contribution in [3.05, 3.63) is 88.4 Å². The Bertz CT molecular complexity index is 960. The van der Waals surface area contributed by atoms with Gasteiger partial charge in [-0.15, -0.1) is 0 Å². The maximum Gasteiger partial charge on any atom is 0.257 e. The standard InChI is InChI=1S/C20H14Cl2N2O2S/c21-14-4-8-17(9-5-14)26-18-10-6-16(7-11-18)23-20(27)24-19(25)13-2-1-3-15(22)12-13/h1-12H,(H2,23,24,25,27). The van der Waals surface area contributed by atoms with Crippen molar-refractivity contribution >= 4 is 52.1 Å². The molecule has 0 radical (unpaired) electrons. The van der Waals surface area contributed by atoms with Crippen molar-refractivity contribution in [3.8, 4) is 11.5 Å². The second-order valence-corrected chi connectivity index (χ2v) is 6.78. The van der Waals surface area contributed by atoms with Crippen LogP contribution in [0, 0.1) is 0 Å². The molecule has 0 saturated carbocycles. The van der Waals surface area contributed by atoms with Crippen LogP contribution in [-0.4, -0.2) is 11.0 Å². The molecule has 1 amide bonds. The summed E-state index contributed by atoms with van der Waals surface area (Å²) in [5, 5.41) is 6.88. The van der Waals surface area contributed by atoms with E-state index in [1.54, 1.807) is 72.8 Å². The molecule has 7 heteroatoms. The second kappa shape index (κ2) is 8.86. The molecule has 0 aliphatic carbocycles. The Hall–Kier alpha value is -2.60. The SMILES string of the molecule is O=C(NC(=S)Nc1ccc(Oc2ccc(Cl)cc2)cc1)c1cccc(Cl)c1. The third kappa shape index (κ3) is 5.69. The van der Waals surface area contributed by atoms with Crippen LogP contribution in [-0.2, 0) is 0 Å². The van der Waals surface area contributed by atoms with Gasteiger partial charge in [-0.3, -0.25) is 10.1 Å². The van der Waals surface area contributed by atoms with Crippen LogP contribution in [0.5, 0.6) is 11.5 Å². The maximum absolute atomic E-state index is 12.2. The molecule has 136 valence electrons. The van der Waals surface area contributed by atoms with E-state index in [0.717, 1.165) is 5.69 Å². The number of carbonyl (C=O) groups excluding carboxylic acids is 1. The molecule has 0 aliphatic heterocycles. The minimum Gasteiger partial charge on any atom is -0.457 e. The largest absolute Gasteiger partial charge is 0.457 e. The third-order valence-corrected chi connectivity index (χ3v) is 4.17. The van der Waals surface area contributed by atoms with E-state index >= 15 is 0 Å². The first kappa shape index (κ1) is 19.2. The quantitative estimate of drug-likeness (QED) is 0.518. The minimum absolute atomic E-state index is 0.186. The van der Waals surface area contributed by atoms with Gasteiger partial charge in [-0.05, 0) is 78.9 Å². The lowest BCUT2D eigenvalue weighted by Gasteiger charge is -2.11. The van der Waals surface area contributed by atoms with Crippen LogP contribution in [0.15, 0.2) is 72.8 Å². The molecule has 3 rings (SSSR count). The molecule has 0 unspecified atom stereocenters. The molecule has 0 spiro atoms. The molecule has 0 aliphatic rings. The van der Waals surface area contributed by atoms with E-state index in [1.807, 2.05) is 0 Å². The number of anilines is 1. The molecule has 0 atom stereocenters. The molecular weight excluding hydrogens is 403 g/mol. The molecule has 27 heavy (non-hydrogen) atoms. The molecule has 4 nitrogen and oxygen atoms in total. The van der Waals surface area contributed by atoms with Crippen molar-refractivity contribution in [2.24, 2.45) is 0 Å². The lowest BCUT2D eigenvalue weighted by molar-refractivity contribution is 0.0977. The fraction of sp³-hybridized carbons (Fsp3) is 0. The average molecular weight is 417 g/mol. The molecule has 0 fully saturated rings. The Kier molecular flexibility index (Phi) is 6.29. The highest BCUT2D eigenvalue weighted by atomic mass is 35.5. The first-order chi connectivity index (χ1) is 13.0. The summed E-state index contributed by atoms with van der Waals surface area (Å²) in [6.45, 7) is 0. The Labute approximate surface area is 172 Å². The summed E-state index contributed by atoms with van der Waals surface area (Å²) in [7, 11) is 0. The van der Waals surface area contributed by atoms with Crippen molar-refractivity contribution < 1.29 is 9.53 Å². The van der Waals surface area contributed by atoms with Gasteiger partial charge in [0.15, 0.2) is 5.11 Å². The summed E-state index contributed by atoms with van der Waals surface area (Å²) >= 11 is 16.9. The fourth-order valence-electron chi connectivity index (χ4n) is 2.21. The molecule has 0 heterocycles.